The van der Waals surface area contributed by atoms with Crippen molar-refractivity contribution in [1.29, 1.82) is 0 Å². The van der Waals surface area contributed by atoms with Crippen LogP contribution in [0.15, 0.2) is 60.8 Å². The van der Waals surface area contributed by atoms with Crippen molar-refractivity contribution in [2.24, 2.45) is 0 Å². The van der Waals surface area contributed by atoms with E-state index in [9.17, 15) is 18.0 Å². The first-order valence-electron chi connectivity index (χ1n) is 9.53. The van der Waals surface area contributed by atoms with E-state index < -0.39 is 23.3 Å². The Labute approximate surface area is 171 Å². The number of nitrogens with zero attached hydrogens (tertiary/aromatic N) is 3. The van der Waals surface area contributed by atoms with Crippen molar-refractivity contribution in [1.82, 2.24) is 14.7 Å². The van der Waals surface area contributed by atoms with E-state index >= 15 is 0 Å². The van der Waals surface area contributed by atoms with Crippen LogP contribution in [0, 0.1) is 6.92 Å². The number of morpholine rings is 1. The lowest BCUT2D eigenvalue weighted by Gasteiger charge is -2.33. The number of para-hydroxylation sites is 1. The molecule has 1 aliphatic rings. The van der Waals surface area contributed by atoms with Crippen LogP contribution in [0.1, 0.15) is 33.3 Å². The van der Waals surface area contributed by atoms with Gasteiger partial charge in [0.05, 0.1) is 30.6 Å². The molecule has 0 bridgehead atoms. The maximum absolute atomic E-state index is 14.0. The lowest BCUT2D eigenvalue weighted by Crippen LogP contribution is -2.42. The Kier molecular flexibility index (Phi) is 5.34. The highest BCUT2D eigenvalue weighted by atomic mass is 19.4. The summed E-state index contributed by atoms with van der Waals surface area (Å²) in [4.78, 5) is 14.5. The van der Waals surface area contributed by atoms with Crippen LogP contribution in [0.5, 0.6) is 0 Å². The number of benzene rings is 2. The number of carbonyl (C=O) groups is 1. The molecule has 3 aromatic rings. The van der Waals surface area contributed by atoms with Gasteiger partial charge in [-0.3, -0.25) is 4.79 Å². The second kappa shape index (κ2) is 7.95. The average molecular weight is 415 g/mol. The van der Waals surface area contributed by atoms with Crippen molar-refractivity contribution in [3.63, 3.8) is 0 Å². The van der Waals surface area contributed by atoms with Gasteiger partial charge in [0.25, 0.3) is 5.91 Å². The summed E-state index contributed by atoms with van der Waals surface area (Å²) in [5, 5.41) is 3.92. The van der Waals surface area contributed by atoms with Crippen LogP contribution in [-0.4, -0.2) is 40.3 Å². The first kappa shape index (κ1) is 20.2. The number of alkyl halides is 3. The van der Waals surface area contributed by atoms with E-state index in [0.29, 0.717) is 5.56 Å². The molecular weight excluding hydrogens is 395 g/mol. The molecule has 2 aromatic carbocycles. The summed E-state index contributed by atoms with van der Waals surface area (Å²) in [7, 11) is 0. The lowest BCUT2D eigenvalue weighted by atomic mass is 10.1. The van der Waals surface area contributed by atoms with Crippen LogP contribution in [0.25, 0.3) is 5.69 Å². The van der Waals surface area contributed by atoms with Crippen molar-refractivity contribution < 1.29 is 22.7 Å². The van der Waals surface area contributed by atoms with Gasteiger partial charge in [-0.25, -0.2) is 4.68 Å². The molecular formula is C22H20F3N3O2. The molecule has 1 amide bonds. The van der Waals surface area contributed by atoms with Crippen LogP contribution in [0.3, 0.4) is 0 Å². The van der Waals surface area contributed by atoms with Gasteiger partial charge in [0.1, 0.15) is 6.10 Å². The SMILES string of the molecule is Cc1ccccc1-n1ncc(C(=O)N2CCO[C@@H](c3ccccc3)C2)c1C(F)(F)F. The number of aromatic nitrogens is 2. The largest absolute Gasteiger partial charge is 0.434 e. The molecule has 0 spiro atoms. The van der Waals surface area contributed by atoms with Crippen LogP contribution in [0.4, 0.5) is 13.2 Å². The van der Waals surface area contributed by atoms with Crippen molar-refractivity contribution in [2.75, 3.05) is 19.7 Å². The summed E-state index contributed by atoms with van der Waals surface area (Å²) in [6.07, 6.45) is -4.12. The minimum Gasteiger partial charge on any atom is -0.370 e. The number of rotatable bonds is 3. The van der Waals surface area contributed by atoms with Gasteiger partial charge in [-0.2, -0.15) is 18.3 Å². The molecule has 2 heterocycles. The molecule has 156 valence electrons. The molecule has 1 aliphatic heterocycles. The normalized spacial score (nSPS) is 17.2. The van der Waals surface area contributed by atoms with E-state index in [4.69, 9.17) is 4.74 Å². The van der Waals surface area contributed by atoms with Gasteiger partial charge < -0.3 is 9.64 Å². The Morgan fingerprint density at radius 1 is 1.10 bits per heavy atom. The average Bonchev–Trinajstić information content (AvgIpc) is 3.20. The van der Waals surface area contributed by atoms with E-state index in [2.05, 4.69) is 5.10 Å². The monoisotopic (exact) mass is 415 g/mol. The zero-order valence-corrected chi connectivity index (χ0v) is 16.3. The Balaban J connectivity index is 1.68. The van der Waals surface area contributed by atoms with Gasteiger partial charge in [0, 0.05) is 6.54 Å². The van der Waals surface area contributed by atoms with E-state index in [0.717, 1.165) is 16.4 Å². The van der Waals surface area contributed by atoms with Crippen LogP contribution >= 0.6 is 0 Å². The molecule has 4 rings (SSSR count). The summed E-state index contributed by atoms with van der Waals surface area (Å²) in [6.45, 7) is 2.34. The fraction of sp³-hybridized carbons (Fsp3) is 0.273. The minimum atomic E-state index is -4.74. The summed E-state index contributed by atoms with van der Waals surface area (Å²) >= 11 is 0. The molecule has 0 N–H and O–H groups in total. The quantitative estimate of drug-likeness (QED) is 0.637. The van der Waals surface area contributed by atoms with Crippen molar-refractivity contribution >= 4 is 5.91 Å². The maximum Gasteiger partial charge on any atom is 0.434 e. The Morgan fingerprint density at radius 2 is 1.80 bits per heavy atom. The fourth-order valence-electron chi connectivity index (χ4n) is 3.63. The number of hydrogen-bond donors (Lipinski definition) is 0. The first-order valence-corrected chi connectivity index (χ1v) is 9.53. The molecule has 0 radical (unpaired) electrons. The van der Waals surface area contributed by atoms with Crippen molar-refractivity contribution in [3.05, 3.63) is 83.2 Å². The first-order chi connectivity index (χ1) is 14.4. The summed E-state index contributed by atoms with van der Waals surface area (Å²) < 4.78 is 48.5. The van der Waals surface area contributed by atoms with Gasteiger partial charge in [0.2, 0.25) is 0 Å². The highest BCUT2D eigenvalue weighted by molar-refractivity contribution is 5.95. The van der Waals surface area contributed by atoms with Crippen LogP contribution < -0.4 is 0 Å². The van der Waals surface area contributed by atoms with Gasteiger partial charge in [-0.15, -0.1) is 0 Å². The molecule has 0 saturated carbocycles. The summed E-state index contributed by atoms with van der Waals surface area (Å²) in [6, 6.07) is 15.9. The number of hydrogen-bond acceptors (Lipinski definition) is 3. The number of carbonyl (C=O) groups excluding carboxylic acids is 1. The van der Waals surface area contributed by atoms with Gasteiger partial charge >= 0.3 is 6.18 Å². The predicted molar refractivity (Wildman–Crippen MR) is 104 cm³/mol. The predicted octanol–water partition coefficient (Wildman–Crippen LogP) is 4.41. The summed E-state index contributed by atoms with van der Waals surface area (Å²) in [5.41, 5.74) is 0.263. The fourth-order valence-corrected chi connectivity index (χ4v) is 3.63. The topological polar surface area (TPSA) is 47.4 Å². The van der Waals surface area contributed by atoms with E-state index in [1.54, 1.807) is 31.2 Å². The highest BCUT2D eigenvalue weighted by Gasteiger charge is 2.42. The molecule has 5 nitrogen and oxygen atoms in total. The number of aryl methyl sites for hydroxylation is 1. The smallest absolute Gasteiger partial charge is 0.370 e. The van der Waals surface area contributed by atoms with Crippen LogP contribution in [0.2, 0.25) is 0 Å². The number of ether oxygens (including phenoxy) is 1. The van der Waals surface area contributed by atoms with E-state index in [1.807, 2.05) is 30.3 Å². The molecule has 1 saturated heterocycles. The molecule has 1 fully saturated rings. The molecule has 30 heavy (non-hydrogen) atoms. The highest BCUT2D eigenvalue weighted by Crippen LogP contribution is 2.35. The molecule has 1 atom stereocenters. The molecule has 8 heteroatoms. The third-order valence-corrected chi connectivity index (χ3v) is 5.14. The molecule has 1 aromatic heterocycles. The van der Waals surface area contributed by atoms with Crippen LogP contribution in [-0.2, 0) is 10.9 Å². The Morgan fingerprint density at radius 3 is 2.50 bits per heavy atom. The lowest BCUT2D eigenvalue weighted by molar-refractivity contribution is -0.143. The minimum absolute atomic E-state index is 0.176. The second-order valence-electron chi connectivity index (χ2n) is 7.12. The third kappa shape index (κ3) is 3.82. The van der Waals surface area contributed by atoms with E-state index in [1.165, 1.54) is 4.90 Å². The standard InChI is InChI=1S/C22H20F3N3O2/c1-15-7-5-6-10-18(15)28-20(22(23,24)25)17(13-26-28)21(29)27-11-12-30-19(14-27)16-8-3-2-4-9-16/h2-10,13,19H,11-12,14H2,1H3/t19-/m1/s1. The van der Waals surface area contributed by atoms with E-state index in [-0.39, 0.29) is 31.5 Å². The number of amides is 1. The molecule has 0 aliphatic carbocycles. The number of halogens is 3. The Hall–Kier alpha value is -3.13. The zero-order chi connectivity index (χ0) is 21.3. The second-order valence-corrected chi connectivity index (χ2v) is 7.12. The van der Waals surface area contributed by atoms with Crippen molar-refractivity contribution in [2.45, 2.75) is 19.2 Å². The third-order valence-electron chi connectivity index (χ3n) is 5.14. The van der Waals surface area contributed by atoms with Gasteiger partial charge in [-0.05, 0) is 24.1 Å². The Bertz CT molecular complexity index is 1050. The van der Waals surface area contributed by atoms with Crippen molar-refractivity contribution in [3.8, 4) is 5.69 Å². The zero-order valence-electron chi connectivity index (χ0n) is 16.3. The van der Waals surface area contributed by atoms with Gasteiger partial charge in [0.15, 0.2) is 5.69 Å². The summed E-state index contributed by atoms with van der Waals surface area (Å²) in [5.74, 6) is -0.702. The van der Waals surface area contributed by atoms with Gasteiger partial charge in [-0.1, -0.05) is 48.5 Å². The maximum atomic E-state index is 14.0. The molecule has 0 unspecified atom stereocenters.